The Balaban J connectivity index is 1.62. The van der Waals surface area contributed by atoms with Gasteiger partial charge >= 0.3 is 0 Å². The van der Waals surface area contributed by atoms with Gasteiger partial charge in [-0.15, -0.1) is 0 Å². The Morgan fingerprint density at radius 1 is 1.12 bits per heavy atom. The van der Waals surface area contributed by atoms with Gasteiger partial charge in [-0.25, -0.2) is 8.99 Å². The monoisotopic (exact) mass is 483 g/mol. The molecule has 0 radical (unpaired) electrons. The Hall–Kier alpha value is -2.36. The van der Waals surface area contributed by atoms with Crippen molar-refractivity contribution in [1.29, 1.82) is 10.0 Å². The molecule has 5 nitrogen and oxygen atoms in total. The molecule has 2 saturated carbocycles. The fraction of sp³-hybridized carbons (Fsp3) is 0.462. The zero-order valence-electron chi connectivity index (χ0n) is 18.9. The molecule has 0 bridgehead atoms. The fourth-order valence-electron chi connectivity index (χ4n) is 5.27. The quantitative estimate of drug-likeness (QED) is 0.551. The third kappa shape index (κ3) is 5.10. The smallest absolute Gasteiger partial charge is 0.227 e. The lowest BCUT2D eigenvalue weighted by Gasteiger charge is -2.34. The van der Waals surface area contributed by atoms with E-state index in [1.165, 1.54) is 0 Å². The number of carbonyl (C=O) groups is 1. The van der Waals surface area contributed by atoms with Crippen LogP contribution in [0.25, 0.3) is 0 Å². The summed E-state index contributed by atoms with van der Waals surface area (Å²) in [5.74, 6) is -0.504. The molecule has 1 amide bonds. The van der Waals surface area contributed by atoms with E-state index in [4.69, 9.17) is 16.4 Å². The van der Waals surface area contributed by atoms with Crippen LogP contribution in [0, 0.1) is 34.9 Å². The molecule has 2 aliphatic rings. The van der Waals surface area contributed by atoms with E-state index in [-0.39, 0.29) is 17.9 Å². The lowest BCUT2D eigenvalue weighted by Crippen LogP contribution is -2.45. The number of halogens is 1. The molecule has 174 valence electrons. The first-order valence-corrected chi connectivity index (χ1v) is 13.6. The Kier molecular flexibility index (Phi) is 7.11. The molecule has 4 rings (SSSR count). The minimum atomic E-state index is -3.12. The van der Waals surface area contributed by atoms with Gasteiger partial charge in [-0.05, 0) is 68.9 Å². The first kappa shape index (κ1) is 23.8. The number of hydrogen-bond acceptors (Lipinski definition) is 4. The molecule has 2 aromatic rings. The second-order valence-electron chi connectivity index (χ2n) is 9.38. The van der Waals surface area contributed by atoms with E-state index in [0.717, 1.165) is 30.4 Å². The van der Waals surface area contributed by atoms with Crippen molar-refractivity contribution in [1.82, 2.24) is 4.90 Å². The molecular weight excluding hydrogens is 454 g/mol. The summed E-state index contributed by atoms with van der Waals surface area (Å²) in [7, 11) is -3.12. The van der Waals surface area contributed by atoms with E-state index < -0.39 is 20.9 Å². The number of nitriles is 1. The van der Waals surface area contributed by atoms with Crippen LogP contribution in [0.3, 0.4) is 0 Å². The molecule has 0 heterocycles. The fourth-order valence-corrected chi connectivity index (χ4v) is 7.50. The summed E-state index contributed by atoms with van der Waals surface area (Å²) in [5.41, 5.74) is 2.03. The van der Waals surface area contributed by atoms with Crippen LogP contribution in [-0.4, -0.2) is 26.3 Å². The highest BCUT2D eigenvalue weighted by Gasteiger charge is 2.44. The molecule has 0 aromatic heterocycles. The Morgan fingerprint density at radius 2 is 1.82 bits per heavy atom. The summed E-state index contributed by atoms with van der Waals surface area (Å²) in [6.45, 7) is 2.40. The average Bonchev–Trinajstić information content (AvgIpc) is 3.49. The maximum Gasteiger partial charge on any atom is 0.227 e. The van der Waals surface area contributed by atoms with E-state index in [0.29, 0.717) is 35.7 Å². The van der Waals surface area contributed by atoms with E-state index >= 15 is 0 Å². The zero-order chi connectivity index (χ0) is 23.6. The maximum absolute atomic E-state index is 13.9. The normalized spacial score (nSPS) is 26.5. The summed E-state index contributed by atoms with van der Waals surface area (Å²) in [5, 5.41) is 9.55. The van der Waals surface area contributed by atoms with Gasteiger partial charge in [0.05, 0.1) is 27.0 Å². The average molecular weight is 484 g/mol. The highest BCUT2D eigenvalue weighted by Crippen LogP contribution is 2.39. The minimum Gasteiger partial charge on any atom is -0.335 e. The number of aryl methyl sites for hydroxylation is 1. The van der Waals surface area contributed by atoms with Gasteiger partial charge in [0.2, 0.25) is 5.91 Å². The van der Waals surface area contributed by atoms with Gasteiger partial charge in [-0.2, -0.15) is 5.26 Å². The predicted octanol–water partition coefficient (Wildman–Crippen LogP) is 5.94. The first-order chi connectivity index (χ1) is 15.8. The number of nitrogens with zero attached hydrogens (tertiary/aromatic N) is 2. The van der Waals surface area contributed by atoms with Crippen molar-refractivity contribution in [3.8, 4) is 6.07 Å². The van der Waals surface area contributed by atoms with Crippen LogP contribution in [0.1, 0.15) is 49.7 Å². The molecule has 0 saturated heterocycles. The SMILES string of the molecule is Cc1ccc([S@@](=N)(=O)[C@@H]2CCC[C@H]2C(=O)N(Cc2ccc(Cl)cc2)[C@@H]2CC[C@H](C#N)C2)cc1. The molecule has 2 fully saturated rings. The molecule has 5 atom stereocenters. The van der Waals surface area contributed by atoms with E-state index in [2.05, 4.69) is 6.07 Å². The highest BCUT2D eigenvalue weighted by atomic mass is 35.5. The van der Waals surface area contributed by atoms with Crippen LogP contribution in [-0.2, 0) is 21.1 Å². The van der Waals surface area contributed by atoms with Gasteiger partial charge in [-0.1, -0.05) is 47.9 Å². The van der Waals surface area contributed by atoms with Crippen LogP contribution >= 0.6 is 11.6 Å². The topological polar surface area (TPSA) is 85.0 Å². The first-order valence-electron chi connectivity index (χ1n) is 11.6. The van der Waals surface area contributed by atoms with Crippen LogP contribution in [0.5, 0.6) is 0 Å². The maximum atomic E-state index is 13.9. The van der Waals surface area contributed by atoms with Crippen molar-refractivity contribution in [2.45, 2.75) is 68.2 Å². The van der Waals surface area contributed by atoms with Crippen molar-refractivity contribution < 1.29 is 9.00 Å². The van der Waals surface area contributed by atoms with E-state index in [1.807, 2.05) is 48.2 Å². The molecule has 1 N–H and O–H groups in total. The minimum absolute atomic E-state index is 0.0137. The van der Waals surface area contributed by atoms with Gasteiger partial charge in [0.15, 0.2) is 0 Å². The molecular formula is C26H30ClN3O2S. The van der Waals surface area contributed by atoms with Gasteiger partial charge in [-0.3, -0.25) is 4.79 Å². The van der Waals surface area contributed by atoms with Crippen molar-refractivity contribution >= 4 is 27.2 Å². The zero-order valence-corrected chi connectivity index (χ0v) is 20.4. The van der Waals surface area contributed by atoms with E-state index in [9.17, 15) is 14.3 Å². The molecule has 2 aromatic carbocycles. The Labute approximate surface area is 201 Å². The van der Waals surface area contributed by atoms with Crippen molar-refractivity contribution in [2.24, 2.45) is 11.8 Å². The number of carbonyl (C=O) groups excluding carboxylic acids is 1. The number of amides is 1. The summed E-state index contributed by atoms with van der Waals surface area (Å²) < 4.78 is 22.5. The molecule has 2 aliphatic carbocycles. The van der Waals surface area contributed by atoms with Crippen molar-refractivity contribution in [3.05, 3.63) is 64.7 Å². The second kappa shape index (κ2) is 9.87. The Bertz CT molecular complexity index is 1140. The van der Waals surface area contributed by atoms with Crippen LogP contribution < -0.4 is 0 Å². The summed E-state index contributed by atoms with van der Waals surface area (Å²) in [6.07, 6.45) is 4.31. The van der Waals surface area contributed by atoms with Gasteiger partial charge in [0.25, 0.3) is 0 Å². The number of nitrogens with one attached hydrogen (secondary N) is 1. The van der Waals surface area contributed by atoms with Crippen LogP contribution in [0.2, 0.25) is 5.02 Å². The summed E-state index contributed by atoms with van der Waals surface area (Å²) in [6, 6.07) is 17.1. The molecule has 0 spiro atoms. The third-order valence-corrected chi connectivity index (χ3v) is 9.79. The third-order valence-electron chi connectivity index (χ3n) is 7.14. The number of benzene rings is 2. The number of rotatable bonds is 6. The van der Waals surface area contributed by atoms with Gasteiger partial charge in [0, 0.05) is 28.4 Å². The standard InChI is InChI=1S/C26H30ClN3O2S/c1-18-5-13-23(14-6-18)33(29,32)25-4-2-3-24(25)26(31)30(22-12-9-20(15-22)16-28)17-19-7-10-21(27)11-8-19/h5-8,10-11,13-14,20,22,24-25,29H,2-4,9,12,15,17H2,1H3/t20-,22+,24+,25+,33+/m0/s1. The summed E-state index contributed by atoms with van der Waals surface area (Å²) >= 11 is 6.05. The lowest BCUT2D eigenvalue weighted by atomic mass is 10.0. The Morgan fingerprint density at radius 3 is 2.45 bits per heavy atom. The molecule has 0 unspecified atom stereocenters. The van der Waals surface area contributed by atoms with Gasteiger partial charge < -0.3 is 4.90 Å². The molecule has 0 aliphatic heterocycles. The number of hydrogen-bond donors (Lipinski definition) is 1. The van der Waals surface area contributed by atoms with Crippen LogP contribution in [0.4, 0.5) is 0 Å². The highest BCUT2D eigenvalue weighted by molar-refractivity contribution is 7.93. The largest absolute Gasteiger partial charge is 0.335 e. The predicted molar refractivity (Wildman–Crippen MR) is 130 cm³/mol. The van der Waals surface area contributed by atoms with Gasteiger partial charge in [0.1, 0.15) is 0 Å². The molecule has 7 heteroatoms. The van der Waals surface area contributed by atoms with Crippen LogP contribution in [0.15, 0.2) is 53.4 Å². The van der Waals surface area contributed by atoms with Crippen molar-refractivity contribution in [2.75, 3.05) is 0 Å². The lowest BCUT2D eigenvalue weighted by molar-refractivity contribution is -0.138. The summed E-state index contributed by atoms with van der Waals surface area (Å²) in [4.78, 5) is 16.4. The van der Waals surface area contributed by atoms with E-state index in [1.54, 1.807) is 12.1 Å². The molecule has 33 heavy (non-hydrogen) atoms. The van der Waals surface area contributed by atoms with Crippen molar-refractivity contribution in [3.63, 3.8) is 0 Å². The second-order valence-corrected chi connectivity index (χ2v) is 12.1.